The van der Waals surface area contributed by atoms with Crippen molar-refractivity contribution in [1.82, 2.24) is 4.90 Å². The summed E-state index contributed by atoms with van der Waals surface area (Å²) in [6, 6.07) is 10.3. The quantitative estimate of drug-likeness (QED) is 0.660. The molecule has 1 saturated heterocycles. The van der Waals surface area contributed by atoms with Crippen LogP contribution in [-0.2, 0) is 16.1 Å². The molecular formula is C15H18N2O3. The smallest absolute Gasteiger partial charge is 0.247 e. The summed E-state index contributed by atoms with van der Waals surface area (Å²) in [5, 5.41) is 10.3. The molecule has 0 aromatic heterocycles. The Labute approximate surface area is 118 Å². The normalized spacial score (nSPS) is 16.5. The van der Waals surface area contributed by atoms with Gasteiger partial charge in [-0.3, -0.25) is 4.79 Å². The molecular weight excluding hydrogens is 256 g/mol. The monoisotopic (exact) mass is 274 g/mol. The molecule has 0 radical (unpaired) electrons. The first-order chi connectivity index (χ1) is 9.65. The average Bonchev–Trinajstić information content (AvgIpc) is 2.46. The molecule has 1 heterocycles. The lowest BCUT2D eigenvalue weighted by molar-refractivity contribution is -0.917. The summed E-state index contributed by atoms with van der Waals surface area (Å²) in [6.07, 6.45) is 1.85. The van der Waals surface area contributed by atoms with Gasteiger partial charge in [0.25, 0.3) is 0 Å². The molecule has 0 aliphatic carbocycles. The molecule has 106 valence electrons. The van der Waals surface area contributed by atoms with Gasteiger partial charge in [-0.25, -0.2) is 0 Å². The molecule has 0 unspecified atom stereocenters. The first-order valence-electron chi connectivity index (χ1n) is 6.70. The number of hydrogen-bond donors (Lipinski definition) is 1. The molecule has 1 amide bonds. The first-order valence-corrected chi connectivity index (χ1v) is 6.70. The number of benzene rings is 1. The molecule has 0 spiro atoms. The van der Waals surface area contributed by atoms with E-state index in [1.165, 1.54) is 10.5 Å². The zero-order chi connectivity index (χ0) is 14.4. The van der Waals surface area contributed by atoms with E-state index in [0.717, 1.165) is 31.8 Å². The van der Waals surface area contributed by atoms with Crippen molar-refractivity contribution in [3.63, 3.8) is 0 Å². The Morgan fingerprint density at radius 1 is 1.15 bits per heavy atom. The molecule has 20 heavy (non-hydrogen) atoms. The van der Waals surface area contributed by atoms with Crippen LogP contribution in [0.2, 0.25) is 0 Å². The molecule has 1 aromatic carbocycles. The summed E-state index contributed by atoms with van der Waals surface area (Å²) in [5.41, 5.74) is 1.29. The number of nitrogens with zero attached hydrogens (tertiary/aromatic N) is 1. The van der Waals surface area contributed by atoms with Gasteiger partial charge >= 0.3 is 0 Å². The van der Waals surface area contributed by atoms with E-state index in [1.54, 1.807) is 4.90 Å². The maximum Gasteiger partial charge on any atom is 0.247 e. The number of piperazine rings is 1. The van der Waals surface area contributed by atoms with Crippen molar-refractivity contribution in [3.8, 4) is 0 Å². The number of amides is 1. The van der Waals surface area contributed by atoms with E-state index in [4.69, 9.17) is 0 Å². The van der Waals surface area contributed by atoms with Gasteiger partial charge in [-0.2, -0.15) is 0 Å². The van der Waals surface area contributed by atoms with E-state index >= 15 is 0 Å². The van der Waals surface area contributed by atoms with Gasteiger partial charge in [0.05, 0.1) is 32.1 Å². The van der Waals surface area contributed by atoms with Crippen molar-refractivity contribution in [1.29, 1.82) is 0 Å². The topological polar surface area (TPSA) is 64.9 Å². The van der Waals surface area contributed by atoms with Crippen LogP contribution < -0.4 is 10.0 Å². The minimum absolute atomic E-state index is 0.257. The van der Waals surface area contributed by atoms with E-state index in [-0.39, 0.29) is 5.91 Å². The molecule has 1 aromatic rings. The second kappa shape index (κ2) is 6.86. The third-order valence-electron chi connectivity index (χ3n) is 3.44. The summed E-state index contributed by atoms with van der Waals surface area (Å²) in [7, 11) is 0. The lowest BCUT2D eigenvalue weighted by Crippen LogP contribution is -3.13. The number of quaternary nitrogens is 1. The molecule has 0 bridgehead atoms. The third-order valence-corrected chi connectivity index (χ3v) is 3.44. The van der Waals surface area contributed by atoms with Gasteiger partial charge < -0.3 is 19.7 Å². The number of hydrogen-bond acceptors (Lipinski definition) is 3. The van der Waals surface area contributed by atoms with Crippen LogP contribution >= 0.6 is 0 Å². The standard InChI is InChI=1S/C15H18N2O3/c18-14(6-7-15(19)20)17-10-8-16(9-11-17)12-13-4-2-1-3-5-13/h1-7H,8-12H2,(H,19,20). The summed E-state index contributed by atoms with van der Waals surface area (Å²) < 4.78 is 0. The van der Waals surface area contributed by atoms with E-state index in [1.807, 2.05) is 18.2 Å². The number of aliphatic carboxylic acids is 1. The Kier molecular flexibility index (Phi) is 4.90. The number of carbonyl (C=O) groups excluding carboxylic acids is 2. The van der Waals surface area contributed by atoms with Crippen LogP contribution in [0.5, 0.6) is 0 Å². The van der Waals surface area contributed by atoms with Gasteiger partial charge in [0.15, 0.2) is 0 Å². The van der Waals surface area contributed by atoms with E-state index in [9.17, 15) is 14.7 Å². The van der Waals surface area contributed by atoms with Crippen molar-refractivity contribution in [3.05, 3.63) is 48.0 Å². The average molecular weight is 274 g/mol. The molecule has 2 rings (SSSR count). The fourth-order valence-electron chi connectivity index (χ4n) is 2.35. The van der Waals surface area contributed by atoms with Gasteiger partial charge in [0.2, 0.25) is 5.91 Å². The minimum Gasteiger partial charge on any atom is -0.545 e. The van der Waals surface area contributed by atoms with E-state index in [2.05, 4.69) is 12.1 Å². The van der Waals surface area contributed by atoms with Crippen LogP contribution in [-0.4, -0.2) is 43.0 Å². The van der Waals surface area contributed by atoms with Gasteiger partial charge in [-0.1, -0.05) is 30.3 Å². The summed E-state index contributed by atoms with van der Waals surface area (Å²) in [4.78, 5) is 25.1. The van der Waals surface area contributed by atoms with E-state index < -0.39 is 5.97 Å². The highest BCUT2D eigenvalue weighted by Gasteiger charge is 2.22. The van der Waals surface area contributed by atoms with Gasteiger partial charge in [0, 0.05) is 11.6 Å². The largest absolute Gasteiger partial charge is 0.545 e. The summed E-state index contributed by atoms with van der Waals surface area (Å²) >= 11 is 0. The van der Waals surface area contributed by atoms with Gasteiger partial charge in [-0.15, -0.1) is 0 Å². The molecule has 5 nitrogen and oxygen atoms in total. The Morgan fingerprint density at radius 3 is 2.40 bits per heavy atom. The van der Waals surface area contributed by atoms with E-state index in [0.29, 0.717) is 13.1 Å². The Hall–Kier alpha value is -2.14. The Bertz CT molecular complexity index is 491. The summed E-state index contributed by atoms with van der Waals surface area (Å²) in [5.74, 6) is -1.60. The lowest BCUT2D eigenvalue weighted by Gasteiger charge is -2.31. The van der Waals surface area contributed by atoms with Crippen molar-refractivity contribution in [2.24, 2.45) is 0 Å². The van der Waals surface area contributed by atoms with Crippen molar-refractivity contribution in [2.75, 3.05) is 26.2 Å². The number of rotatable bonds is 4. The highest BCUT2D eigenvalue weighted by molar-refractivity contribution is 5.93. The maximum absolute atomic E-state index is 11.7. The van der Waals surface area contributed by atoms with Gasteiger partial charge in [0.1, 0.15) is 6.54 Å². The zero-order valence-electron chi connectivity index (χ0n) is 11.2. The fraction of sp³-hybridized carbons (Fsp3) is 0.333. The molecule has 0 saturated carbocycles. The highest BCUT2D eigenvalue weighted by atomic mass is 16.4. The van der Waals surface area contributed by atoms with Crippen LogP contribution in [0.4, 0.5) is 0 Å². The van der Waals surface area contributed by atoms with Crippen LogP contribution in [0.15, 0.2) is 42.5 Å². The third kappa shape index (κ3) is 4.20. The fourth-order valence-corrected chi connectivity index (χ4v) is 2.35. The number of carboxylic acids is 1. The van der Waals surface area contributed by atoms with Gasteiger partial charge in [-0.05, 0) is 6.08 Å². The minimum atomic E-state index is -1.34. The van der Waals surface area contributed by atoms with Crippen molar-refractivity contribution >= 4 is 11.9 Å². The number of carboxylic acid groups (broad SMARTS) is 1. The molecule has 1 aliphatic heterocycles. The van der Waals surface area contributed by atoms with Crippen LogP contribution in [0.1, 0.15) is 5.56 Å². The molecule has 1 aliphatic rings. The predicted molar refractivity (Wildman–Crippen MR) is 71.6 cm³/mol. The molecule has 5 heteroatoms. The number of nitrogens with one attached hydrogen (secondary N) is 1. The van der Waals surface area contributed by atoms with Crippen LogP contribution in [0.25, 0.3) is 0 Å². The van der Waals surface area contributed by atoms with Crippen molar-refractivity contribution in [2.45, 2.75) is 6.54 Å². The second-order valence-electron chi connectivity index (χ2n) is 4.89. The maximum atomic E-state index is 11.7. The molecule has 0 atom stereocenters. The van der Waals surface area contributed by atoms with Crippen LogP contribution in [0.3, 0.4) is 0 Å². The SMILES string of the molecule is O=C([O-])C=CC(=O)N1CC[NH+](Cc2ccccc2)CC1. The Morgan fingerprint density at radius 2 is 1.80 bits per heavy atom. The second-order valence-corrected chi connectivity index (χ2v) is 4.89. The van der Waals surface area contributed by atoms with Crippen molar-refractivity contribution < 1.29 is 19.6 Å². The zero-order valence-corrected chi connectivity index (χ0v) is 11.2. The molecule has 1 N–H and O–H groups in total. The molecule has 1 fully saturated rings. The number of carbonyl (C=O) groups is 2. The lowest BCUT2D eigenvalue weighted by atomic mass is 10.2. The summed E-state index contributed by atoms with van der Waals surface area (Å²) in [6.45, 7) is 4.01. The van der Waals surface area contributed by atoms with Crippen LogP contribution in [0, 0.1) is 0 Å². The highest BCUT2D eigenvalue weighted by Crippen LogP contribution is 1.97. The first kappa shape index (κ1) is 14.3. The predicted octanol–water partition coefficient (Wildman–Crippen LogP) is -1.78. The Balaban J connectivity index is 1.80.